The minimum atomic E-state index is -0.314. The molecule has 0 spiro atoms. The summed E-state index contributed by atoms with van der Waals surface area (Å²) in [7, 11) is 2.03. The van der Waals surface area contributed by atoms with E-state index in [4.69, 9.17) is 0 Å². The molecule has 3 rings (SSSR count). The van der Waals surface area contributed by atoms with E-state index in [2.05, 4.69) is 4.90 Å². The molecule has 4 nitrogen and oxygen atoms in total. The molecular weight excluding hydrogens is 240 g/mol. The highest BCUT2D eigenvalue weighted by Gasteiger charge is 2.23. The highest BCUT2D eigenvalue weighted by molar-refractivity contribution is 5.72. The van der Waals surface area contributed by atoms with Crippen LogP contribution in [0.15, 0.2) is 42.5 Å². The minimum Gasteiger partial charge on any atom is -0.298 e. The lowest BCUT2D eigenvalue weighted by Crippen LogP contribution is -2.07. The van der Waals surface area contributed by atoms with Gasteiger partial charge >= 0.3 is 0 Å². The summed E-state index contributed by atoms with van der Waals surface area (Å²) in [5.41, 5.74) is 4.47. The monoisotopic (exact) mass is 254 g/mol. The van der Waals surface area contributed by atoms with Crippen molar-refractivity contribution >= 4 is 5.69 Å². The van der Waals surface area contributed by atoms with Crippen LogP contribution in [-0.4, -0.2) is 16.9 Å². The Labute approximate surface area is 111 Å². The van der Waals surface area contributed by atoms with Gasteiger partial charge in [0.2, 0.25) is 0 Å². The Bertz CT molecular complexity index is 638. The number of rotatable bonds is 2. The summed E-state index contributed by atoms with van der Waals surface area (Å²) >= 11 is 0. The Kier molecular flexibility index (Phi) is 2.80. The molecule has 0 N–H and O–H groups in total. The molecule has 1 aliphatic rings. The van der Waals surface area contributed by atoms with E-state index in [1.807, 2.05) is 37.4 Å². The van der Waals surface area contributed by atoms with E-state index in [1.165, 1.54) is 5.56 Å². The molecule has 96 valence electrons. The largest absolute Gasteiger partial charge is 0.298 e. The van der Waals surface area contributed by atoms with Crippen LogP contribution in [-0.2, 0) is 13.1 Å². The number of benzene rings is 2. The molecule has 0 bridgehead atoms. The Morgan fingerprint density at radius 2 is 1.89 bits per heavy atom. The smallest absolute Gasteiger partial charge is 0.270 e. The fourth-order valence-corrected chi connectivity index (χ4v) is 2.64. The van der Waals surface area contributed by atoms with E-state index in [0.29, 0.717) is 0 Å². The first kappa shape index (κ1) is 11.9. The van der Waals surface area contributed by atoms with Crippen LogP contribution in [0, 0.1) is 10.1 Å². The van der Waals surface area contributed by atoms with Crippen LogP contribution < -0.4 is 0 Å². The first-order valence-corrected chi connectivity index (χ1v) is 6.19. The summed E-state index contributed by atoms with van der Waals surface area (Å²) in [6.07, 6.45) is 0. The maximum Gasteiger partial charge on any atom is 0.270 e. The Morgan fingerprint density at radius 1 is 1.16 bits per heavy atom. The third-order valence-corrected chi connectivity index (χ3v) is 3.49. The predicted molar refractivity (Wildman–Crippen MR) is 73.7 cm³/mol. The molecule has 0 amide bonds. The second-order valence-electron chi connectivity index (χ2n) is 4.93. The van der Waals surface area contributed by atoms with Crippen molar-refractivity contribution in [1.29, 1.82) is 0 Å². The molecule has 0 unspecified atom stereocenters. The fraction of sp³-hybridized carbons (Fsp3) is 0.200. The zero-order valence-corrected chi connectivity index (χ0v) is 10.7. The molecule has 2 aromatic carbocycles. The van der Waals surface area contributed by atoms with Gasteiger partial charge in [-0.05, 0) is 29.3 Å². The summed E-state index contributed by atoms with van der Waals surface area (Å²) in [5.74, 6) is 0. The lowest BCUT2D eigenvalue weighted by molar-refractivity contribution is -0.384. The van der Waals surface area contributed by atoms with Crippen molar-refractivity contribution in [3.05, 3.63) is 63.7 Å². The van der Waals surface area contributed by atoms with Crippen molar-refractivity contribution in [3.8, 4) is 11.1 Å². The van der Waals surface area contributed by atoms with Gasteiger partial charge in [0.15, 0.2) is 0 Å². The van der Waals surface area contributed by atoms with E-state index in [0.717, 1.165) is 29.8 Å². The molecule has 19 heavy (non-hydrogen) atoms. The van der Waals surface area contributed by atoms with Gasteiger partial charge in [0.25, 0.3) is 5.69 Å². The number of nitro groups is 1. The van der Waals surface area contributed by atoms with Gasteiger partial charge in [0.05, 0.1) is 4.92 Å². The van der Waals surface area contributed by atoms with Crippen molar-refractivity contribution in [3.63, 3.8) is 0 Å². The normalized spacial score (nSPS) is 14.4. The molecular formula is C15H14N2O2. The molecule has 0 fully saturated rings. The number of nitrogens with zero attached hydrogens (tertiary/aromatic N) is 2. The number of non-ortho nitro benzene ring substituents is 1. The predicted octanol–water partition coefficient (Wildman–Crippen LogP) is 3.21. The average Bonchev–Trinajstić information content (AvgIpc) is 2.78. The summed E-state index contributed by atoms with van der Waals surface area (Å²) in [6, 6.07) is 13.2. The fourth-order valence-electron chi connectivity index (χ4n) is 2.64. The highest BCUT2D eigenvalue weighted by atomic mass is 16.6. The van der Waals surface area contributed by atoms with Gasteiger partial charge < -0.3 is 0 Å². The van der Waals surface area contributed by atoms with Gasteiger partial charge in [0, 0.05) is 25.2 Å². The van der Waals surface area contributed by atoms with Crippen LogP contribution in [0.5, 0.6) is 0 Å². The van der Waals surface area contributed by atoms with Crippen LogP contribution in [0.25, 0.3) is 11.1 Å². The van der Waals surface area contributed by atoms with Crippen LogP contribution in [0.4, 0.5) is 5.69 Å². The van der Waals surface area contributed by atoms with Gasteiger partial charge in [-0.15, -0.1) is 0 Å². The minimum absolute atomic E-state index is 0.174. The quantitative estimate of drug-likeness (QED) is 0.610. The molecule has 0 saturated heterocycles. The van der Waals surface area contributed by atoms with Gasteiger partial charge in [-0.1, -0.05) is 30.3 Å². The zero-order valence-electron chi connectivity index (χ0n) is 10.7. The van der Waals surface area contributed by atoms with E-state index in [9.17, 15) is 10.1 Å². The maximum absolute atomic E-state index is 11.1. The average molecular weight is 254 g/mol. The molecule has 0 radical (unpaired) electrons. The van der Waals surface area contributed by atoms with Crippen LogP contribution in [0.1, 0.15) is 11.1 Å². The van der Waals surface area contributed by atoms with Crippen molar-refractivity contribution in [2.24, 2.45) is 0 Å². The second-order valence-corrected chi connectivity index (χ2v) is 4.93. The van der Waals surface area contributed by atoms with Crippen LogP contribution >= 0.6 is 0 Å². The van der Waals surface area contributed by atoms with E-state index in [1.54, 1.807) is 12.1 Å². The maximum atomic E-state index is 11.1. The Hall–Kier alpha value is -2.20. The van der Waals surface area contributed by atoms with Crippen molar-refractivity contribution in [1.82, 2.24) is 4.90 Å². The number of fused-ring (bicyclic) bond motifs is 1. The second kappa shape index (κ2) is 4.48. The summed E-state index contributed by atoms with van der Waals surface area (Å²) in [4.78, 5) is 12.9. The molecule has 2 aromatic rings. The van der Waals surface area contributed by atoms with Gasteiger partial charge in [-0.25, -0.2) is 0 Å². The highest BCUT2D eigenvalue weighted by Crippen LogP contribution is 2.35. The summed E-state index contributed by atoms with van der Waals surface area (Å²) < 4.78 is 0. The van der Waals surface area contributed by atoms with Crippen molar-refractivity contribution in [2.45, 2.75) is 13.1 Å². The number of hydrogen-bond acceptors (Lipinski definition) is 3. The molecule has 1 heterocycles. The Balaban J connectivity index is 2.21. The first-order chi connectivity index (χ1) is 9.15. The number of hydrogen-bond donors (Lipinski definition) is 0. The molecule has 0 aromatic heterocycles. The van der Waals surface area contributed by atoms with E-state index < -0.39 is 0 Å². The van der Waals surface area contributed by atoms with Crippen LogP contribution in [0.3, 0.4) is 0 Å². The number of nitro benzene ring substituents is 1. The third kappa shape index (κ3) is 2.11. The van der Waals surface area contributed by atoms with Crippen LogP contribution in [0.2, 0.25) is 0 Å². The van der Waals surface area contributed by atoms with E-state index >= 15 is 0 Å². The Morgan fingerprint density at radius 3 is 2.58 bits per heavy atom. The lowest BCUT2D eigenvalue weighted by Gasteiger charge is -2.08. The summed E-state index contributed by atoms with van der Waals surface area (Å²) in [6.45, 7) is 1.62. The van der Waals surface area contributed by atoms with Gasteiger partial charge in [0.1, 0.15) is 0 Å². The topological polar surface area (TPSA) is 46.4 Å². The first-order valence-electron chi connectivity index (χ1n) is 6.19. The summed E-state index contributed by atoms with van der Waals surface area (Å²) in [5, 5.41) is 11.1. The molecule has 1 aliphatic heterocycles. The molecule has 0 saturated carbocycles. The molecule has 0 atom stereocenters. The third-order valence-electron chi connectivity index (χ3n) is 3.49. The van der Waals surface area contributed by atoms with Crippen molar-refractivity contribution < 1.29 is 4.92 Å². The van der Waals surface area contributed by atoms with Gasteiger partial charge in [-0.2, -0.15) is 0 Å². The zero-order chi connectivity index (χ0) is 13.4. The molecule has 4 heteroatoms. The van der Waals surface area contributed by atoms with E-state index in [-0.39, 0.29) is 10.6 Å². The lowest BCUT2D eigenvalue weighted by atomic mass is 9.96. The standard InChI is InChI=1S/C15H14N2O2/c1-16-9-12-7-13(17(18)19)8-14(15(12)10-16)11-5-3-2-4-6-11/h2-8H,9-10H2,1H3. The van der Waals surface area contributed by atoms with Crippen molar-refractivity contribution in [2.75, 3.05) is 7.05 Å². The SMILES string of the molecule is CN1Cc2cc([N+](=O)[O-])cc(-c3ccccc3)c2C1. The van der Waals surface area contributed by atoms with Gasteiger partial charge in [-0.3, -0.25) is 15.0 Å². The molecule has 0 aliphatic carbocycles.